The van der Waals surface area contributed by atoms with Gasteiger partial charge in [0, 0.05) is 13.1 Å². The lowest BCUT2D eigenvalue weighted by molar-refractivity contribution is -0.132. The minimum absolute atomic E-state index is 0.269. The van der Waals surface area contributed by atoms with E-state index in [1.165, 1.54) is 29.8 Å². The van der Waals surface area contributed by atoms with Crippen LogP contribution >= 0.6 is 0 Å². The Morgan fingerprint density at radius 3 is 2.35 bits per heavy atom. The molecular weight excluding hydrogens is 355 g/mol. The summed E-state index contributed by atoms with van der Waals surface area (Å²) < 4.78 is 38.9. The lowest BCUT2D eigenvalue weighted by Gasteiger charge is -2.35. The summed E-state index contributed by atoms with van der Waals surface area (Å²) in [4.78, 5) is 14.7. The van der Waals surface area contributed by atoms with Crippen LogP contribution in [0.25, 0.3) is 0 Å². The maximum Gasteiger partial charge on any atom is 0.246 e. The van der Waals surface area contributed by atoms with Crippen LogP contribution in [0.15, 0.2) is 48.5 Å². The van der Waals surface area contributed by atoms with Gasteiger partial charge < -0.3 is 4.90 Å². The SMILES string of the molecule is C[C@H](C(=O)N1CCc2ccccc2C1)N(c1ccc(F)cc1)S(C)(=O)=O. The first kappa shape index (κ1) is 18.4. The Bertz CT molecular complexity index is 913. The zero-order chi connectivity index (χ0) is 18.9. The van der Waals surface area contributed by atoms with E-state index in [1.807, 2.05) is 24.3 Å². The first-order chi connectivity index (χ1) is 12.3. The molecule has 0 saturated heterocycles. The van der Waals surface area contributed by atoms with Gasteiger partial charge >= 0.3 is 0 Å². The Kier molecular flexibility index (Phi) is 5.00. The first-order valence-corrected chi connectivity index (χ1v) is 10.2. The number of sulfonamides is 1. The number of hydrogen-bond acceptors (Lipinski definition) is 3. The summed E-state index contributed by atoms with van der Waals surface area (Å²) in [6.45, 7) is 2.56. The molecule has 0 N–H and O–H groups in total. The second kappa shape index (κ2) is 7.07. The van der Waals surface area contributed by atoms with Gasteiger partial charge in [0.2, 0.25) is 15.9 Å². The molecule has 2 aromatic carbocycles. The standard InChI is InChI=1S/C19H21FN2O3S/c1-14(22(26(2,24)25)18-9-7-17(20)8-10-18)19(23)21-12-11-15-5-3-4-6-16(15)13-21/h3-10,14H,11-13H2,1-2H3/t14-/m1/s1. The molecule has 1 aliphatic heterocycles. The van der Waals surface area contributed by atoms with Crippen molar-refractivity contribution >= 4 is 21.6 Å². The van der Waals surface area contributed by atoms with Crippen LogP contribution in [0.5, 0.6) is 0 Å². The smallest absolute Gasteiger partial charge is 0.246 e. The third-order valence-electron chi connectivity index (χ3n) is 4.59. The number of hydrogen-bond donors (Lipinski definition) is 0. The molecule has 7 heteroatoms. The van der Waals surface area contributed by atoms with Crippen molar-refractivity contribution in [3.63, 3.8) is 0 Å². The van der Waals surface area contributed by atoms with E-state index in [9.17, 15) is 17.6 Å². The van der Waals surface area contributed by atoms with E-state index in [2.05, 4.69) is 0 Å². The molecule has 1 atom stereocenters. The molecule has 0 saturated carbocycles. The van der Waals surface area contributed by atoms with Crippen molar-refractivity contribution < 1.29 is 17.6 Å². The van der Waals surface area contributed by atoms with Gasteiger partial charge in [-0.3, -0.25) is 9.10 Å². The largest absolute Gasteiger partial charge is 0.336 e. The van der Waals surface area contributed by atoms with E-state index in [-0.39, 0.29) is 11.6 Å². The number of benzene rings is 2. The van der Waals surface area contributed by atoms with E-state index in [0.29, 0.717) is 13.1 Å². The molecule has 0 spiro atoms. The van der Waals surface area contributed by atoms with E-state index < -0.39 is 21.9 Å². The molecule has 2 aromatic rings. The van der Waals surface area contributed by atoms with Gasteiger partial charge in [-0.1, -0.05) is 24.3 Å². The highest BCUT2D eigenvalue weighted by Crippen LogP contribution is 2.24. The number of anilines is 1. The number of carbonyl (C=O) groups excluding carboxylic acids is 1. The van der Waals surface area contributed by atoms with Gasteiger partial charge in [-0.25, -0.2) is 12.8 Å². The van der Waals surface area contributed by atoms with Crippen LogP contribution in [0.4, 0.5) is 10.1 Å². The van der Waals surface area contributed by atoms with Gasteiger partial charge in [0.15, 0.2) is 0 Å². The zero-order valence-electron chi connectivity index (χ0n) is 14.7. The second-order valence-corrected chi connectivity index (χ2v) is 8.35. The summed E-state index contributed by atoms with van der Waals surface area (Å²) in [6, 6.07) is 12.1. The summed E-state index contributed by atoms with van der Waals surface area (Å²) in [6.07, 6.45) is 1.79. The predicted octanol–water partition coefficient (Wildman–Crippen LogP) is 2.57. The van der Waals surface area contributed by atoms with Crippen LogP contribution < -0.4 is 4.31 Å². The molecule has 1 heterocycles. The topological polar surface area (TPSA) is 57.7 Å². The molecule has 0 fully saturated rings. The van der Waals surface area contributed by atoms with Crippen molar-refractivity contribution in [2.24, 2.45) is 0 Å². The highest BCUT2D eigenvalue weighted by Gasteiger charge is 2.33. The van der Waals surface area contributed by atoms with Gasteiger partial charge in [-0.2, -0.15) is 0 Å². The Morgan fingerprint density at radius 1 is 1.12 bits per heavy atom. The molecule has 26 heavy (non-hydrogen) atoms. The van der Waals surface area contributed by atoms with Crippen LogP contribution in [0, 0.1) is 5.82 Å². The molecule has 1 aliphatic rings. The number of fused-ring (bicyclic) bond motifs is 1. The second-order valence-electron chi connectivity index (χ2n) is 6.49. The predicted molar refractivity (Wildman–Crippen MR) is 98.7 cm³/mol. The first-order valence-electron chi connectivity index (χ1n) is 8.38. The summed E-state index contributed by atoms with van der Waals surface area (Å²) in [5.74, 6) is -0.733. The van der Waals surface area contributed by atoms with Gasteiger partial charge in [0.05, 0.1) is 11.9 Å². The molecule has 0 unspecified atom stereocenters. The van der Waals surface area contributed by atoms with Crippen molar-refractivity contribution in [2.45, 2.75) is 25.9 Å². The maximum atomic E-state index is 13.2. The summed E-state index contributed by atoms with van der Waals surface area (Å²) in [7, 11) is -3.71. The fraction of sp³-hybridized carbons (Fsp3) is 0.316. The molecule has 0 aromatic heterocycles. The lowest BCUT2D eigenvalue weighted by atomic mass is 9.99. The quantitative estimate of drug-likeness (QED) is 0.824. The molecule has 138 valence electrons. The normalized spacial score (nSPS) is 15.3. The molecule has 3 rings (SSSR count). The molecule has 0 bridgehead atoms. The summed E-state index contributed by atoms with van der Waals surface area (Å²) in [5.41, 5.74) is 2.56. The number of rotatable bonds is 4. The molecule has 5 nitrogen and oxygen atoms in total. The van der Waals surface area contributed by atoms with Crippen LogP contribution in [-0.4, -0.2) is 38.1 Å². The Morgan fingerprint density at radius 2 is 1.73 bits per heavy atom. The van der Waals surface area contributed by atoms with Crippen molar-refractivity contribution in [2.75, 3.05) is 17.1 Å². The minimum Gasteiger partial charge on any atom is -0.336 e. The Labute approximate surface area is 153 Å². The third kappa shape index (κ3) is 3.72. The molecule has 1 amide bonds. The Balaban J connectivity index is 1.86. The van der Waals surface area contributed by atoms with Gasteiger partial charge in [-0.15, -0.1) is 0 Å². The van der Waals surface area contributed by atoms with Crippen LogP contribution in [0.2, 0.25) is 0 Å². The van der Waals surface area contributed by atoms with Crippen molar-refractivity contribution in [3.8, 4) is 0 Å². The van der Waals surface area contributed by atoms with Crippen molar-refractivity contribution in [1.82, 2.24) is 4.90 Å². The van der Waals surface area contributed by atoms with Crippen molar-refractivity contribution in [3.05, 3.63) is 65.5 Å². The monoisotopic (exact) mass is 376 g/mol. The average Bonchev–Trinajstić information content (AvgIpc) is 2.61. The fourth-order valence-corrected chi connectivity index (χ4v) is 4.51. The number of amides is 1. The molecule has 0 aliphatic carbocycles. The number of carbonyl (C=O) groups is 1. The third-order valence-corrected chi connectivity index (χ3v) is 5.83. The van der Waals surface area contributed by atoms with E-state index in [0.717, 1.165) is 22.5 Å². The van der Waals surface area contributed by atoms with Gasteiger partial charge in [0.25, 0.3) is 0 Å². The highest BCUT2D eigenvalue weighted by atomic mass is 32.2. The maximum absolute atomic E-state index is 13.2. The zero-order valence-corrected chi connectivity index (χ0v) is 15.5. The molecular formula is C19H21FN2O3S. The molecule has 0 radical (unpaired) electrons. The number of halogens is 1. The van der Waals surface area contributed by atoms with Crippen LogP contribution in [0.1, 0.15) is 18.1 Å². The highest BCUT2D eigenvalue weighted by molar-refractivity contribution is 7.92. The average molecular weight is 376 g/mol. The van der Waals surface area contributed by atoms with E-state index >= 15 is 0 Å². The van der Waals surface area contributed by atoms with E-state index in [4.69, 9.17) is 0 Å². The summed E-state index contributed by atoms with van der Waals surface area (Å²) in [5, 5.41) is 0. The van der Waals surface area contributed by atoms with Crippen LogP contribution in [0.3, 0.4) is 0 Å². The van der Waals surface area contributed by atoms with Crippen LogP contribution in [-0.2, 0) is 27.8 Å². The van der Waals surface area contributed by atoms with Crippen molar-refractivity contribution in [1.29, 1.82) is 0 Å². The van der Waals surface area contributed by atoms with Gasteiger partial charge in [0.1, 0.15) is 11.9 Å². The number of nitrogens with zero attached hydrogens (tertiary/aromatic N) is 2. The fourth-order valence-electron chi connectivity index (χ4n) is 3.34. The van der Waals surface area contributed by atoms with E-state index in [1.54, 1.807) is 11.8 Å². The minimum atomic E-state index is -3.71. The lowest BCUT2D eigenvalue weighted by Crippen LogP contribution is -2.50. The van der Waals surface area contributed by atoms with Gasteiger partial charge in [-0.05, 0) is 48.7 Å². The Hall–Kier alpha value is -2.41. The summed E-state index contributed by atoms with van der Waals surface area (Å²) >= 11 is 0.